The van der Waals surface area contributed by atoms with Crippen molar-refractivity contribution in [3.8, 4) is 0 Å². The highest BCUT2D eigenvalue weighted by Gasteiger charge is 2.73. The number of nitrogens with zero attached hydrogens (tertiary/aromatic N) is 3. The number of ketones is 3. The molecule has 13 heteroatoms. The molecule has 0 radical (unpaired) electrons. The first-order valence-corrected chi connectivity index (χ1v) is 8.40. The van der Waals surface area contributed by atoms with E-state index < -0.39 is 52.5 Å². The summed E-state index contributed by atoms with van der Waals surface area (Å²) < 4.78 is 6.41. The number of nitrogens with two attached hydrogens (primary N) is 1. The van der Waals surface area contributed by atoms with Crippen molar-refractivity contribution in [2.45, 2.75) is 50.4 Å². The molecule has 13 nitrogen and oxygen atoms in total. The fraction of sp³-hybridized carbons (Fsp3) is 0.500. The van der Waals surface area contributed by atoms with E-state index in [4.69, 9.17) is 10.5 Å². The van der Waals surface area contributed by atoms with Crippen LogP contribution in [0.2, 0.25) is 0 Å². The average molecular weight is 409 g/mol. The van der Waals surface area contributed by atoms with Crippen LogP contribution < -0.4 is 11.3 Å². The lowest BCUT2D eigenvalue weighted by atomic mass is 9.73. The van der Waals surface area contributed by atoms with E-state index in [0.717, 1.165) is 31.7 Å². The first-order chi connectivity index (χ1) is 13.4. The lowest BCUT2D eigenvalue weighted by molar-refractivity contribution is -0.184. The number of imidazole rings is 1. The third kappa shape index (κ3) is 2.62. The normalized spacial score (nSPS) is 30.4. The summed E-state index contributed by atoms with van der Waals surface area (Å²) in [6, 6.07) is 0. The van der Waals surface area contributed by atoms with Crippen molar-refractivity contribution in [2.75, 3.05) is 5.73 Å². The van der Waals surface area contributed by atoms with Gasteiger partial charge >= 0.3 is 0 Å². The molecule has 1 aliphatic rings. The van der Waals surface area contributed by atoms with E-state index in [1.807, 2.05) is 0 Å². The molecule has 156 valence electrons. The molecule has 0 unspecified atom stereocenters. The molecule has 6 N–H and O–H groups in total. The smallest absolute Gasteiger partial charge is 0.280 e. The monoisotopic (exact) mass is 409 g/mol. The number of anilines is 1. The van der Waals surface area contributed by atoms with E-state index >= 15 is 0 Å². The van der Waals surface area contributed by atoms with Crippen LogP contribution in [-0.4, -0.2) is 75.6 Å². The zero-order chi connectivity index (χ0) is 21.9. The minimum Gasteiger partial charge on any atom is -0.382 e. The second-order valence-electron chi connectivity index (χ2n) is 6.88. The summed E-state index contributed by atoms with van der Waals surface area (Å²) in [6.45, 7) is 2.73. The number of aliphatic hydroxyl groups excluding tert-OH is 1. The maximum absolute atomic E-state index is 12.4. The highest BCUT2D eigenvalue weighted by atomic mass is 16.6. The van der Waals surface area contributed by atoms with Crippen LogP contribution in [0.5, 0.6) is 0 Å². The highest BCUT2D eigenvalue weighted by molar-refractivity contribution is 6.00. The molecule has 29 heavy (non-hydrogen) atoms. The fourth-order valence-corrected chi connectivity index (χ4v) is 3.55. The largest absolute Gasteiger partial charge is 0.382 e. The zero-order valence-electron chi connectivity index (χ0n) is 15.6. The topological polar surface area (TPSA) is 211 Å². The van der Waals surface area contributed by atoms with E-state index in [1.165, 1.54) is 0 Å². The van der Waals surface area contributed by atoms with Crippen molar-refractivity contribution < 1.29 is 34.4 Å². The molecule has 0 spiro atoms. The highest BCUT2D eigenvalue weighted by Crippen LogP contribution is 2.48. The van der Waals surface area contributed by atoms with E-state index in [1.54, 1.807) is 0 Å². The van der Waals surface area contributed by atoms with Crippen molar-refractivity contribution in [3.63, 3.8) is 0 Å². The van der Waals surface area contributed by atoms with Crippen LogP contribution in [0.25, 0.3) is 11.2 Å². The quantitative estimate of drug-likeness (QED) is 0.340. The second-order valence-corrected chi connectivity index (χ2v) is 6.88. The van der Waals surface area contributed by atoms with Gasteiger partial charge in [-0.05, 0) is 20.8 Å². The fourth-order valence-electron chi connectivity index (χ4n) is 3.55. The Bertz CT molecular complexity index is 1090. The third-order valence-corrected chi connectivity index (χ3v) is 5.11. The molecular weight excluding hydrogens is 390 g/mol. The van der Waals surface area contributed by atoms with Crippen LogP contribution in [0.3, 0.4) is 0 Å². The van der Waals surface area contributed by atoms with Crippen molar-refractivity contribution in [2.24, 2.45) is 0 Å². The molecule has 0 saturated carbocycles. The van der Waals surface area contributed by atoms with Crippen molar-refractivity contribution in [1.29, 1.82) is 0 Å². The first-order valence-electron chi connectivity index (χ1n) is 8.40. The van der Waals surface area contributed by atoms with Crippen LogP contribution in [0.15, 0.2) is 11.1 Å². The molecule has 2 aromatic heterocycles. The van der Waals surface area contributed by atoms with E-state index in [0.29, 0.717) is 0 Å². The van der Waals surface area contributed by atoms with Gasteiger partial charge in [0.1, 0.15) is 12.2 Å². The van der Waals surface area contributed by atoms with E-state index in [2.05, 4.69) is 15.0 Å². The molecule has 0 amide bonds. The van der Waals surface area contributed by atoms with Crippen LogP contribution in [0.1, 0.15) is 27.0 Å². The summed E-state index contributed by atoms with van der Waals surface area (Å²) in [5.74, 6) is -3.41. The number of nitrogens with one attached hydrogen (secondary N) is 1. The number of H-pyrrole nitrogens is 1. The molecular formula is C16H19N5O8. The van der Waals surface area contributed by atoms with Gasteiger partial charge in [0.15, 0.2) is 40.3 Å². The van der Waals surface area contributed by atoms with Gasteiger partial charge in [-0.1, -0.05) is 0 Å². The first kappa shape index (κ1) is 20.7. The van der Waals surface area contributed by atoms with E-state index in [-0.39, 0.29) is 17.1 Å². The molecule has 1 saturated heterocycles. The van der Waals surface area contributed by atoms with Gasteiger partial charge < -0.3 is 25.8 Å². The predicted molar refractivity (Wildman–Crippen MR) is 94.4 cm³/mol. The Balaban J connectivity index is 2.32. The summed E-state index contributed by atoms with van der Waals surface area (Å²) in [7, 11) is 0. The number of aliphatic hydroxyl groups is 3. The standard InChI is InChI=1S/C16H19N5O8/c1-5(22)9(25)10-15(27,6(2)23)16(28,7(3)24)13(29-10)21-4-18-8-11(21)19-14(17)20-12(8)26/h4,9-10,13,25,27-28H,1-3H3,(H3,17,19,20,26)/t9-,10-,13-,15-,16+/m1/s1. The number of Topliss-reactive ketones (excluding diaryl/α,β-unsaturated/α-hetero) is 3. The molecule has 2 aromatic rings. The van der Waals surface area contributed by atoms with Crippen molar-refractivity contribution in [1.82, 2.24) is 19.5 Å². The van der Waals surface area contributed by atoms with Crippen LogP contribution in [0.4, 0.5) is 5.95 Å². The van der Waals surface area contributed by atoms with Gasteiger partial charge in [0, 0.05) is 0 Å². The molecule has 0 aromatic carbocycles. The van der Waals surface area contributed by atoms with Gasteiger partial charge in [-0.25, -0.2) is 4.98 Å². The van der Waals surface area contributed by atoms with Gasteiger partial charge in [0.25, 0.3) is 5.56 Å². The second kappa shape index (κ2) is 6.52. The molecule has 3 heterocycles. The molecule has 0 aliphatic carbocycles. The lowest BCUT2D eigenvalue weighted by Gasteiger charge is -2.37. The lowest BCUT2D eigenvalue weighted by Crippen LogP contribution is -2.67. The van der Waals surface area contributed by atoms with Crippen molar-refractivity contribution >= 4 is 34.5 Å². The Kier molecular flexibility index (Phi) is 4.66. The Morgan fingerprint density at radius 3 is 2.34 bits per heavy atom. The zero-order valence-corrected chi connectivity index (χ0v) is 15.6. The third-order valence-electron chi connectivity index (χ3n) is 5.11. The van der Waals surface area contributed by atoms with Gasteiger partial charge in [-0.15, -0.1) is 0 Å². The number of fused-ring (bicyclic) bond motifs is 1. The van der Waals surface area contributed by atoms with Gasteiger partial charge in [0.05, 0.1) is 6.33 Å². The molecule has 0 bridgehead atoms. The van der Waals surface area contributed by atoms with Crippen molar-refractivity contribution in [3.05, 3.63) is 16.7 Å². The van der Waals surface area contributed by atoms with E-state index in [9.17, 15) is 34.5 Å². The number of hydrogen-bond acceptors (Lipinski definition) is 11. The number of carbonyl (C=O) groups excluding carboxylic acids is 3. The Labute approximate surface area is 162 Å². The maximum Gasteiger partial charge on any atom is 0.280 e. The summed E-state index contributed by atoms with van der Waals surface area (Å²) in [5, 5.41) is 32.5. The summed E-state index contributed by atoms with van der Waals surface area (Å²) in [5.41, 5.74) is -1.58. The summed E-state index contributed by atoms with van der Waals surface area (Å²) in [6.07, 6.45) is -4.93. The molecule has 1 fully saturated rings. The average Bonchev–Trinajstić information content (AvgIpc) is 3.13. The minimum atomic E-state index is -2.99. The number of carbonyl (C=O) groups is 3. The Hall–Kier alpha value is -3.00. The van der Waals surface area contributed by atoms with Gasteiger partial charge in [0.2, 0.25) is 11.5 Å². The van der Waals surface area contributed by atoms with Crippen LogP contribution in [0, 0.1) is 0 Å². The number of nitrogen functional groups attached to an aromatic ring is 1. The van der Waals surface area contributed by atoms with Gasteiger partial charge in [-0.2, -0.15) is 4.98 Å². The molecule has 5 atom stereocenters. The van der Waals surface area contributed by atoms with Gasteiger partial charge in [-0.3, -0.25) is 28.7 Å². The Morgan fingerprint density at radius 1 is 1.24 bits per heavy atom. The number of aromatic amines is 1. The summed E-state index contributed by atoms with van der Waals surface area (Å²) >= 11 is 0. The number of hydrogen-bond donors (Lipinski definition) is 5. The van der Waals surface area contributed by atoms with Crippen LogP contribution >= 0.6 is 0 Å². The minimum absolute atomic E-state index is 0.222. The number of aromatic nitrogens is 4. The molecule has 3 rings (SSSR count). The molecule has 1 aliphatic heterocycles. The number of rotatable bonds is 5. The summed E-state index contributed by atoms with van der Waals surface area (Å²) in [4.78, 5) is 58.4. The maximum atomic E-state index is 12.4. The number of ether oxygens (including phenoxy) is 1. The van der Waals surface area contributed by atoms with Crippen LogP contribution in [-0.2, 0) is 19.1 Å². The SMILES string of the molecule is CC(=O)[C@@H](O)[C@H]1O[C@@H](n2cnc3c(=O)[nH]c(N)nc32)[C@@](O)(C(C)=O)[C@@]1(O)C(C)=O. The predicted octanol–water partition coefficient (Wildman–Crippen LogP) is -2.81. The Morgan fingerprint density at radius 2 is 1.83 bits per heavy atom.